The molecule has 0 fully saturated rings. The lowest BCUT2D eigenvalue weighted by Gasteiger charge is -2.17. The molecule has 0 unspecified atom stereocenters. The third-order valence-corrected chi connectivity index (χ3v) is 1.65. The Bertz CT molecular complexity index is 223. The Morgan fingerprint density at radius 3 is 3.30 bits per heavy atom. The van der Waals surface area contributed by atoms with E-state index in [1.54, 1.807) is 0 Å². The molecule has 0 aromatic carbocycles. The van der Waals surface area contributed by atoms with Gasteiger partial charge in [-0.15, -0.1) is 0 Å². The second kappa shape index (κ2) is 2.21. The Balaban J connectivity index is 2.25. The van der Waals surface area contributed by atoms with E-state index in [1.807, 2.05) is 6.20 Å². The Morgan fingerprint density at radius 1 is 1.40 bits per heavy atom. The van der Waals surface area contributed by atoms with E-state index < -0.39 is 0 Å². The van der Waals surface area contributed by atoms with Crippen molar-refractivity contribution in [1.82, 2.24) is 10.6 Å². The lowest BCUT2D eigenvalue weighted by Crippen LogP contribution is -2.19. The van der Waals surface area contributed by atoms with Crippen LogP contribution in [0.1, 0.15) is 6.42 Å². The van der Waals surface area contributed by atoms with E-state index in [0.29, 0.717) is 0 Å². The number of hydrogen-bond donors (Lipinski definition) is 1. The monoisotopic (exact) mass is 133 g/mol. The molecule has 0 bridgehead atoms. The number of hydrogen-bond acceptors (Lipinski definition) is 1. The van der Waals surface area contributed by atoms with Crippen molar-refractivity contribution in [3.8, 4) is 0 Å². The normalized spacial score (nSPS) is 21.6. The van der Waals surface area contributed by atoms with Crippen LogP contribution in [0, 0.1) is 0 Å². The molecule has 10 heavy (non-hydrogen) atoms. The van der Waals surface area contributed by atoms with Crippen LogP contribution >= 0.6 is 0 Å². The minimum Gasteiger partial charge on any atom is -0.361 e. The molecular formula is C8H9N2. The first-order valence-corrected chi connectivity index (χ1v) is 3.45. The van der Waals surface area contributed by atoms with Gasteiger partial charge < -0.3 is 5.32 Å². The number of allylic oxidation sites excluding steroid dienone is 2. The predicted molar refractivity (Wildman–Crippen MR) is 40.1 cm³/mol. The van der Waals surface area contributed by atoms with Crippen LogP contribution in [0.3, 0.4) is 0 Å². The highest BCUT2D eigenvalue weighted by molar-refractivity contribution is 5.32. The molecule has 0 spiro atoms. The van der Waals surface area contributed by atoms with Gasteiger partial charge in [0.15, 0.2) is 0 Å². The topological polar surface area (TPSA) is 26.1 Å². The molecule has 51 valence electrons. The summed E-state index contributed by atoms with van der Waals surface area (Å²) in [5.74, 6) is 0. The standard InChI is InChI=1S/C8H9N2/c1-3-7-8(9-5-1)4-2-6-10-7/h1-3,6,10H,4-5H2. The van der Waals surface area contributed by atoms with Gasteiger partial charge in [0, 0.05) is 6.42 Å². The second-order valence-corrected chi connectivity index (χ2v) is 2.35. The van der Waals surface area contributed by atoms with Crippen molar-refractivity contribution in [3.63, 3.8) is 0 Å². The lowest BCUT2D eigenvalue weighted by molar-refractivity contribution is 0.783. The van der Waals surface area contributed by atoms with Crippen LogP contribution in [0.5, 0.6) is 0 Å². The van der Waals surface area contributed by atoms with E-state index in [4.69, 9.17) is 0 Å². The van der Waals surface area contributed by atoms with Crippen molar-refractivity contribution >= 4 is 0 Å². The minimum atomic E-state index is 0.842. The third kappa shape index (κ3) is 0.817. The van der Waals surface area contributed by atoms with Crippen molar-refractivity contribution in [2.75, 3.05) is 6.54 Å². The van der Waals surface area contributed by atoms with Crippen LogP contribution < -0.4 is 10.6 Å². The molecule has 2 heteroatoms. The van der Waals surface area contributed by atoms with Crippen molar-refractivity contribution in [1.29, 1.82) is 0 Å². The highest BCUT2D eigenvalue weighted by Crippen LogP contribution is 2.13. The van der Waals surface area contributed by atoms with E-state index in [-0.39, 0.29) is 0 Å². The Labute approximate surface area is 60.3 Å². The molecule has 0 aliphatic carbocycles. The fourth-order valence-electron chi connectivity index (χ4n) is 1.14. The second-order valence-electron chi connectivity index (χ2n) is 2.35. The average molecular weight is 133 g/mol. The highest BCUT2D eigenvalue weighted by atomic mass is 15.0. The summed E-state index contributed by atoms with van der Waals surface area (Å²) in [5.41, 5.74) is 2.35. The van der Waals surface area contributed by atoms with Crippen LogP contribution in [-0.2, 0) is 0 Å². The average Bonchev–Trinajstić information content (AvgIpc) is 2.05. The summed E-state index contributed by atoms with van der Waals surface area (Å²) < 4.78 is 0. The molecule has 2 rings (SSSR count). The van der Waals surface area contributed by atoms with E-state index in [0.717, 1.165) is 18.7 Å². The maximum absolute atomic E-state index is 4.33. The lowest BCUT2D eigenvalue weighted by atomic mass is 10.1. The summed E-state index contributed by atoms with van der Waals surface area (Å²) in [6, 6.07) is 0. The Kier molecular flexibility index (Phi) is 1.24. The van der Waals surface area contributed by atoms with Crippen molar-refractivity contribution in [3.05, 3.63) is 35.8 Å². The van der Waals surface area contributed by atoms with Gasteiger partial charge in [0.05, 0.1) is 17.9 Å². The van der Waals surface area contributed by atoms with E-state index in [1.165, 1.54) is 5.70 Å². The van der Waals surface area contributed by atoms with Gasteiger partial charge >= 0.3 is 0 Å². The van der Waals surface area contributed by atoms with E-state index in [9.17, 15) is 0 Å². The zero-order chi connectivity index (χ0) is 6.81. The molecule has 0 aromatic heterocycles. The molecule has 2 nitrogen and oxygen atoms in total. The summed E-state index contributed by atoms with van der Waals surface area (Å²) in [6.45, 7) is 0.842. The Hall–Kier alpha value is -1.18. The first-order valence-electron chi connectivity index (χ1n) is 3.45. The van der Waals surface area contributed by atoms with Crippen molar-refractivity contribution in [2.45, 2.75) is 6.42 Å². The summed E-state index contributed by atoms with van der Waals surface area (Å²) in [4.78, 5) is 0. The van der Waals surface area contributed by atoms with Crippen LogP contribution in [0.25, 0.3) is 0 Å². The van der Waals surface area contributed by atoms with Gasteiger partial charge in [-0.05, 0) is 12.3 Å². The molecule has 2 aliphatic heterocycles. The molecule has 0 aromatic rings. The van der Waals surface area contributed by atoms with Crippen LogP contribution in [0.4, 0.5) is 0 Å². The van der Waals surface area contributed by atoms with Crippen LogP contribution in [0.2, 0.25) is 0 Å². The molecule has 0 saturated carbocycles. The zero-order valence-electron chi connectivity index (χ0n) is 5.67. The number of dihydropyridines is 1. The van der Waals surface area contributed by atoms with Gasteiger partial charge in [-0.2, -0.15) is 0 Å². The Morgan fingerprint density at radius 2 is 2.40 bits per heavy atom. The molecule has 2 aliphatic rings. The molecule has 2 heterocycles. The van der Waals surface area contributed by atoms with Gasteiger partial charge in [0.25, 0.3) is 0 Å². The number of nitrogens with zero attached hydrogens (tertiary/aromatic N) is 1. The zero-order valence-corrected chi connectivity index (χ0v) is 5.67. The number of nitrogens with one attached hydrogen (secondary N) is 1. The summed E-state index contributed by atoms with van der Waals surface area (Å²) in [5, 5.41) is 7.47. The summed E-state index contributed by atoms with van der Waals surface area (Å²) in [6.07, 6.45) is 9.18. The summed E-state index contributed by atoms with van der Waals surface area (Å²) >= 11 is 0. The minimum absolute atomic E-state index is 0.842. The maximum atomic E-state index is 4.33. The van der Waals surface area contributed by atoms with Crippen LogP contribution in [-0.4, -0.2) is 6.54 Å². The first kappa shape index (κ1) is 5.59. The SMILES string of the molecule is C1=CC2=C(CC=CN2)[N]C1. The fraction of sp³-hybridized carbons (Fsp3) is 0.250. The third-order valence-electron chi connectivity index (χ3n) is 1.65. The summed E-state index contributed by atoms with van der Waals surface area (Å²) in [7, 11) is 0. The molecule has 0 saturated heterocycles. The van der Waals surface area contributed by atoms with Gasteiger partial charge in [0.1, 0.15) is 0 Å². The molecular weight excluding hydrogens is 124 g/mol. The fourth-order valence-corrected chi connectivity index (χ4v) is 1.14. The maximum Gasteiger partial charge on any atom is 0.0624 e. The van der Waals surface area contributed by atoms with Crippen molar-refractivity contribution in [2.24, 2.45) is 0 Å². The van der Waals surface area contributed by atoms with E-state index >= 15 is 0 Å². The number of rotatable bonds is 0. The van der Waals surface area contributed by atoms with Gasteiger partial charge in [-0.1, -0.05) is 12.2 Å². The molecule has 1 radical (unpaired) electrons. The quantitative estimate of drug-likeness (QED) is 0.521. The van der Waals surface area contributed by atoms with Crippen LogP contribution in [0.15, 0.2) is 35.8 Å². The molecule has 1 N–H and O–H groups in total. The smallest absolute Gasteiger partial charge is 0.0624 e. The molecule has 0 atom stereocenters. The van der Waals surface area contributed by atoms with Crippen molar-refractivity contribution < 1.29 is 0 Å². The first-order chi connectivity index (χ1) is 4.97. The largest absolute Gasteiger partial charge is 0.361 e. The van der Waals surface area contributed by atoms with E-state index in [2.05, 4.69) is 28.9 Å². The van der Waals surface area contributed by atoms with Gasteiger partial charge in [-0.25, -0.2) is 0 Å². The predicted octanol–water partition coefficient (Wildman–Crippen LogP) is 0.879. The highest BCUT2D eigenvalue weighted by Gasteiger charge is 2.08. The van der Waals surface area contributed by atoms with Gasteiger partial charge in [-0.3, -0.25) is 5.32 Å². The van der Waals surface area contributed by atoms with Gasteiger partial charge in [0.2, 0.25) is 0 Å². The molecule has 0 amide bonds.